The third kappa shape index (κ3) is 3.97. The van der Waals surface area contributed by atoms with Crippen molar-refractivity contribution in [1.82, 2.24) is 30.4 Å². The molecular weight excluding hydrogens is 304 g/mol. The predicted molar refractivity (Wildman–Crippen MR) is 91.1 cm³/mol. The van der Waals surface area contributed by atoms with E-state index in [1.807, 2.05) is 35.2 Å². The van der Waals surface area contributed by atoms with Gasteiger partial charge in [0.25, 0.3) is 0 Å². The molecule has 2 heterocycles. The number of carbonyl (C=O) groups is 1. The fourth-order valence-electron chi connectivity index (χ4n) is 3.09. The summed E-state index contributed by atoms with van der Waals surface area (Å²) in [6.07, 6.45) is 2.97. The molecule has 1 aromatic heterocycles. The van der Waals surface area contributed by atoms with Crippen molar-refractivity contribution in [2.75, 3.05) is 19.6 Å². The number of amides is 1. The number of rotatable bonds is 6. The Morgan fingerprint density at radius 3 is 2.75 bits per heavy atom. The van der Waals surface area contributed by atoms with Crippen molar-refractivity contribution in [1.29, 1.82) is 0 Å². The van der Waals surface area contributed by atoms with E-state index in [1.165, 1.54) is 4.80 Å². The first-order valence-corrected chi connectivity index (χ1v) is 8.61. The van der Waals surface area contributed by atoms with Gasteiger partial charge in [-0.15, -0.1) is 10.2 Å². The predicted octanol–water partition coefficient (Wildman–Crippen LogP) is 1.33. The Kier molecular flexibility index (Phi) is 5.53. The van der Waals surface area contributed by atoms with Crippen LogP contribution in [0.5, 0.6) is 0 Å². The van der Waals surface area contributed by atoms with Crippen molar-refractivity contribution in [3.8, 4) is 11.4 Å². The molecule has 1 fully saturated rings. The lowest BCUT2D eigenvalue weighted by Gasteiger charge is -2.34. The molecule has 24 heavy (non-hydrogen) atoms. The smallest absolute Gasteiger partial charge is 0.246 e. The molecular formula is C17H24N6O. The van der Waals surface area contributed by atoms with Gasteiger partial charge in [-0.3, -0.25) is 4.79 Å². The lowest BCUT2D eigenvalue weighted by Crippen LogP contribution is -2.47. The summed E-state index contributed by atoms with van der Waals surface area (Å²) >= 11 is 0. The van der Waals surface area contributed by atoms with Crippen LogP contribution in [0.4, 0.5) is 0 Å². The normalized spacial score (nSPS) is 15.4. The van der Waals surface area contributed by atoms with Gasteiger partial charge in [-0.25, -0.2) is 0 Å². The number of tetrazole rings is 1. The first kappa shape index (κ1) is 16.6. The van der Waals surface area contributed by atoms with Crippen molar-refractivity contribution >= 4 is 5.91 Å². The van der Waals surface area contributed by atoms with Gasteiger partial charge in [0.15, 0.2) is 0 Å². The van der Waals surface area contributed by atoms with Gasteiger partial charge in [0.2, 0.25) is 11.7 Å². The van der Waals surface area contributed by atoms with Crippen LogP contribution in [0, 0.1) is 0 Å². The van der Waals surface area contributed by atoms with Gasteiger partial charge in [0.05, 0.1) is 0 Å². The first-order chi connectivity index (χ1) is 11.8. The topological polar surface area (TPSA) is 75.9 Å². The molecule has 128 valence electrons. The van der Waals surface area contributed by atoms with Gasteiger partial charge in [-0.1, -0.05) is 37.3 Å². The Morgan fingerprint density at radius 2 is 2.04 bits per heavy atom. The number of nitrogens with zero attached hydrogens (tertiary/aromatic N) is 5. The van der Waals surface area contributed by atoms with Crippen molar-refractivity contribution < 1.29 is 4.79 Å². The molecule has 0 radical (unpaired) electrons. The third-order valence-corrected chi connectivity index (χ3v) is 4.30. The van der Waals surface area contributed by atoms with Crippen LogP contribution in [0.25, 0.3) is 11.4 Å². The Hall–Kier alpha value is -2.28. The Bertz CT molecular complexity index is 650. The van der Waals surface area contributed by atoms with Crippen LogP contribution in [0.15, 0.2) is 30.3 Å². The minimum absolute atomic E-state index is 0.0701. The van der Waals surface area contributed by atoms with E-state index in [0.29, 0.717) is 11.9 Å². The summed E-state index contributed by atoms with van der Waals surface area (Å²) in [6.45, 7) is 4.96. The Morgan fingerprint density at radius 1 is 1.29 bits per heavy atom. The zero-order valence-electron chi connectivity index (χ0n) is 14.1. The van der Waals surface area contributed by atoms with E-state index in [4.69, 9.17) is 0 Å². The lowest BCUT2D eigenvalue weighted by atomic mass is 10.0. The second kappa shape index (κ2) is 8.01. The molecule has 0 spiro atoms. The van der Waals surface area contributed by atoms with E-state index in [1.54, 1.807) is 0 Å². The highest BCUT2D eigenvalue weighted by molar-refractivity contribution is 5.76. The van der Waals surface area contributed by atoms with Gasteiger partial charge >= 0.3 is 0 Å². The van der Waals surface area contributed by atoms with E-state index in [-0.39, 0.29) is 12.5 Å². The third-order valence-electron chi connectivity index (χ3n) is 4.30. The van der Waals surface area contributed by atoms with Crippen molar-refractivity contribution in [2.45, 2.75) is 38.8 Å². The van der Waals surface area contributed by atoms with E-state index in [0.717, 1.165) is 44.5 Å². The average Bonchev–Trinajstić information content (AvgIpc) is 3.09. The van der Waals surface area contributed by atoms with Crippen LogP contribution in [0.2, 0.25) is 0 Å². The summed E-state index contributed by atoms with van der Waals surface area (Å²) < 4.78 is 0. The molecule has 1 aliphatic heterocycles. The largest absolute Gasteiger partial charge is 0.338 e. The second-order valence-electron chi connectivity index (χ2n) is 6.08. The van der Waals surface area contributed by atoms with Crippen LogP contribution >= 0.6 is 0 Å². The summed E-state index contributed by atoms with van der Waals surface area (Å²) in [5.41, 5.74) is 0.903. The molecule has 3 rings (SSSR count). The Balaban J connectivity index is 1.67. The quantitative estimate of drug-likeness (QED) is 0.866. The molecule has 1 aliphatic rings. The molecule has 7 heteroatoms. The fraction of sp³-hybridized carbons (Fsp3) is 0.529. The van der Waals surface area contributed by atoms with Gasteiger partial charge in [0, 0.05) is 18.2 Å². The Labute approximate surface area is 142 Å². The molecule has 0 bridgehead atoms. The number of hydrogen-bond donors (Lipinski definition) is 1. The molecule has 2 aromatic rings. The number of aromatic nitrogens is 4. The minimum atomic E-state index is 0.0701. The highest BCUT2D eigenvalue weighted by Crippen LogP contribution is 2.14. The van der Waals surface area contributed by atoms with Crippen LogP contribution in [-0.2, 0) is 11.3 Å². The summed E-state index contributed by atoms with van der Waals surface area (Å²) in [4.78, 5) is 16.1. The molecule has 0 aliphatic carbocycles. The highest BCUT2D eigenvalue weighted by Gasteiger charge is 2.25. The second-order valence-corrected chi connectivity index (χ2v) is 6.08. The molecule has 0 saturated carbocycles. The average molecular weight is 328 g/mol. The van der Waals surface area contributed by atoms with Crippen LogP contribution in [0.1, 0.15) is 26.2 Å². The fourth-order valence-corrected chi connectivity index (χ4v) is 3.09. The van der Waals surface area contributed by atoms with Crippen molar-refractivity contribution in [2.24, 2.45) is 0 Å². The van der Waals surface area contributed by atoms with E-state index in [9.17, 15) is 4.79 Å². The molecule has 1 saturated heterocycles. The van der Waals surface area contributed by atoms with Gasteiger partial charge in [0.1, 0.15) is 6.54 Å². The maximum Gasteiger partial charge on any atom is 0.246 e. The first-order valence-electron chi connectivity index (χ1n) is 8.61. The van der Waals surface area contributed by atoms with Crippen molar-refractivity contribution in [3.63, 3.8) is 0 Å². The minimum Gasteiger partial charge on any atom is -0.338 e. The van der Waals surface area contributed by atoms with Crippen molar-refractivity contribution in [3.05, 3.63) is 30.3 Å². The zero-order valence-corrected chi connectivity index (χ0v) is 14.1. The zero-order chi connectivity index (χ0) is 16.8. The standard InChI is InChI=1S/C17H24N6O/c1-2-12-22(15-8-10-18-11-9-15)16(24)13-23-20-17(19-21-23)14-6-4-3-5-7-14/h3-7,15,18H,2,8-13H2,1H3. The lowest BCUT2D eigenvalue weighted by molar-refractivity contribution is -0.135. The van der Waals surface area contributed by atoms with Gasteiger partial charge in [-0.2, -0.15) is 4.80 Å². The van der Waals surface area contributed by atoms with Crippen LogP contribution in [0.3, 0.4) is 0 Å². The van der Waals surface area contributed by atoms with Crippen LogP contribution < -0.4 is 5.32 Å². The summed E-state index contributed by atoms with van der Waals surface area (Å²) in [5, 5.41) is 15.8. The maximum absolute atomic E-state index is 12.7. The molecule has 1 aromatic carbocycles. The maximum atomic E-state index is 12.7. The summed E-state index contributed by atoms with van der Waals surface area (Å²) in [7, 11) is 0. The number of carbonyl (C=O) groups excluding carboxylic acids is 1. The summed E-state index contributed by atoms with van der Waals surface area (Å²) in [6, 6.07) is 9.99. The van der Waals surface area contributed by atoms with E-state index < -0.39 is 0 Å². The number of nitrogens with one attached hydrogen (secondary N) is 1. The highest BCUT2D eigenvalue weighted by atomic mass is 16.2. The molecule has 1 amide bonds. The molecule has 0 atom stereocenters. The molecule has 0 unspecified atom stereocenters. The molecule has 7 nitrogen and oxygen atoms in total. The SMILES string of the molecule is CCCN(C(=O)Cn1nnc(-c2ccccc2)n1)C1CCNCC1. The monoisotopic (exact) mass is 328 g/mol. The molecule has 1 N–H and O–H groups in total. The van der Waals surface area contributed by atoms with Gasteiger partial charge in [-0.05, 0) is 37.6 Å². The number of piperidine rings is 1. The van der Waals surface area contributed by atoms with E-state index in [2.05, 4.69) is 27.7 Å². The number of benzene rings is 1. The number of hydrogen-bond acceptors (Lipinski definition) is 5. The van der Waals surface area contributed by atoms with Crippen LogP contribution in [-0.4, -0.2) is 56.7 Å². The van der Waals surface area contributed by atoms with E-state index >= 15 is 0 Å². The summed E-state index contributed by atoms with van der Waals surface area (Å²) in [5.74, 6) is 0.619. The van der Waals surface area contributed by atoms with Gasteiger partial charge < -0.3 is 10.2 Å².